The number of amides is 2. The van der Waals surface area contributed by atoms with Gasteiger partial charge in [-0.1, -0.05) is 48.0 Å². The van der Waals surface area contributed by atoms with Crippen LogP contribution in [0.2, 0.25) is 5.02 Å². The molecule has 0 spiro atoms. The minimum Gasteiger partial charge on any atom is -0.379 e. The lowest BCUT2D eigenvalue weighted by atomic mass is 10.2. The lowest BCUT2D eigenvalue weighted by Gasteiger charge is -2.31. The molecule has 1 saturated heterocycles. The molecular weight excluding hydrogens is 482 g/mol. The van der Waals surface area contributed by atoms with Gasteiger partial charge in [-0.05, 0) is 41.3 Å². The molecule has 184 valence electrons. The van der Waals surface area contributed by atoms with E-state index in [0.717, 1.165) is 23.5 Å². The Kier molecular flexibility index (Phi) is 9.31. The Bertz CT molecular complexity index is 1070. The van der Waals surface area contributed by atoms with Gasteiger partial charge in [0, 0.05) is 48.2 Å². The summed E-state index contributed by atoms with van der Waals surface area (Å²) in [5, 5.41) is 2.58. The maximum atomic E-state index is 13.6. The van der Waals surface area contributed by atoms with Crippen LogP contribution >= 0.6 is 22.9 Å². The van der Waals surface area contributed by atoms with E-state index < -0.39 is 0 Å². The number of hydrogen-bond acceptors (Lipinski definition) is 5. The zero-order chi connectivity index (χ0) is 24.5. The van der Waals surface area contributed by atoms with Gasteiger partial charge in [0.25, 0.3) is 5.91 Å². The molecule has 1 aromatic heterocycles. The second-order valence-electron chi connectivity index (χ2n) is 8.50. The number of thiophene rings is 1. The van der Waals surface area contributed by atoms with Crippen LogP contribution in [0.15, 0.2) is 72.1 Å². The fourth-order valence-corrected chi connectivity index (χ4v) is 4.85. The van der Waals surface area contributed by atoms with Crippen molar-refractivity contribution >= 4 is 34.8 Å². The first kappa shape index (κ1) is 25.4. The third-order valence-corrected chi connectivity index (χ3v) is 7.10. The average Bonchev–Trinajstić information content (AvgIpc) is 3.40. The first-order valence-electron chi connectivity index (χ1n) is 11.8. The van der Waals surface area contributed by atoms with E-state index >= 15 is 0 Å². The van der Waals surface area contributed by atoms with Gasteiger partial charge in [-0.15, -0.1) is 11.3 Å². The molecule has 2 heterocycles. The lowest BCUT2D eigenvalue weighted by Crippen LogP contribution is -2.47. The van der Waals surface area contributed by atoms with Crippen molar-refractivity contribution < 1.29 is 14.3 Å². The Hall–Kier alpha value is -2.71. The Morgan fingerprint density at radius 2 is 1.66 bits per heavy atom. The zero-order valence-corrected chi connectivity index (χ0v) is 21.2. The number of rotatable bonds is 10. The molecule has 6 nitrogen and oxygen atoms in total. The van der Waals surface area contributed by atoms with E-state index in [9.17, 15) is 9.59 Å². The molecule has 4 rings (SSSR count). The molecule has 0 radical (unpaired) electrons. The minimum absolute atomic E-state index is 0.0179. The minimum atomic E-state index is -0.168. The molecular formula is C27H30ClN3O3S. The van der Waals surface area contributed by atoms with Crippen molar-refractivity contribution in [2.24, 2.45) is 0 Å². The fraction of sp³-hybridized carbons (Fsp3) is 0.333. The first-order chi connectivity index (χ1) is 17.1. The van der Waals surface area contributed by atoms with Crippen molar-refractivity contribution in [1.29, 1.82) is 0 Å². The molecule has 0 saturated carbocycles. The molecule has 0 unspecified atom stereocenters. The van der Waals surface area contributed by atoms with Crippen LogP contribution in [0.1, 0.15) is 20.8 Å². The molecule has 0 aliphatic carbocycles. The van der Waals surface area contributed by atoms with E-state index in [1.807, 2.05) is 52.7 Å². The fourth-order valence-electron chi connectivity index (χ4n) is 4.00. The summed E-state index contributed by atoms with van der Waals surface area (Å²) in [6, 6.07) is 20.8. The molecule has 1 aliphatic heterocycles. The summed E-state index contributed by atoms with van der Waals surface area (Å²) in [6.07, 6.45) is 0. The van der Waals surface area contributed by atoms with Crippen LogP contribution < -0.4 is 0 Å². The number of nitrogens with zero attached hydrogens (tertiary/aromatic N) is 3. The maximum absolute atomic E-state index is 13.6. The van der Waals surface area contributed by atoms with Crippen molar-refractivity contribution in [3.05, 3.63) is 93.1 Å². The quantitative estimate of drug-likeness (QED) is 0.405. The van der Waals surface area contributed by atoms with E-state index in [0.29, 0.717) is 50.0 Å². The molecule has 35 heavy (non-hydrogen) atoms. The summed E-state index contributed by atoms with van der Waals surface area (Å²) in [7, 11) is 0. The van der Waals surface area contributed by atoms with Gasteiger partial charge >= 0.3 is 0 Å². The topological polar surface area (TPSA) is 53.1 Å². The molecule has 2 aromatic carbocycles. The number of ether oxygens (including phenoxy) is 1. The molecule has 0 bridgehead atoms. The highest BCUT2D eigenvalue weighted by Crippen LogP contribution is 2.17. The van der Waals surface area contributed by atoms with Crippen molar-refractivity contribution in [2.45, 2.75) is 13.1 Å². The number of carbonyl (C=O) groups is 2. The second-order valence-corrected chi connectivity index (χ2v) is 9.97. The van der Waals surface area contributed by atoms with Crippen molar-refractivity contribution in [3.8, 4) is 0 Å². The van der Waals surface area contributed by atoms with Gasteiger partial charge in [0.1, 0.15) is 6.54 Å². The Morgan fingerprint density at radius 3 is 2.34 bits per heavy atom. The Labute approximate surface area is 215 Å². The first-order valence-corrected chi connectivity index (χ1v) is 13.0. The number of halogens is 1. The van der Waals surface area contributed by atoms with Crippen LogP contribution in [-0.4, -0.2) is 72.5 Å². The summed E-state index contributed by atoms with van der Waals surface area (Å²) in [4.78, 5) is 33.9. The van der Waals surface area contributed by atoms with Gasteiger partial charge in [0.05, 0.1) is 19.8 Å². The van der Waals surface area contributed by atoms with E-state index in [2.05, 4.69) is 4.90 Å². The van der Waals surface area contributed by atoms with Crippen LogP contribution in [0.25, 0.3) is 0 Å². The Morgan fingerprint density at radius 1 is 0.914 bits per heavy atom. The van der Waals surface area contributed by atoms with Crippen molar-refractivity contribution in [2.75, 3.05) is 45.9 Å². The highest BCUT2D eigenvalue weighted by Gasteiger charge is 2.24. The molecule has 1 aliphatic rings. The highest BCUT2D eigenvalue weighted by atomic mass is 35.5. The van der Waals surface area contributed by atoms with Gasteiger partial charge in [-0.2, -0.15) is 0 Å². The van der Waals surface area contributed by atoms with E-state index in [1.54, 1.807) is 40.5 Å². The summed E-state index contributed by atoms with van der Waals surface area (Å²) < 4.78 is 5.44. The lowest BCUT2D eigenvalue weighted by molar-refractivity contribution is -0.133. The second kappa shape index (κ2) is 12.8. The van der Waals surface area contributed by atoms with Crippen LogP contribution in [-0.2, 0) is 22.6 Å². The molecule has 3 aromatic rings. The summed E-state index contributed by atoms with van der Waals surface area (Å²) in [5.41, 5.74) is 1.58. The van der Waals surface area contributed by atoms with Crippen LogP contribution in [0.4, 0.5) is 0 Å². The van der Waals surface area contributed by atoms with Gasteiger partial charge in [0.2, 0.25) is 5.91 Å². The predicted octanol–water partition coefficient (Wildman–Crippen LogP) is 4.40. The number of carbonyl (C=O) groups excluding carboxylic acids is 2. The molecule has 1 fully saturated rings. The Balaban J connectivity index is 1.51. The molecule has 0 atom stereocenters. The third kappa shape index (κ3) is 7.64. The van der Waals surface area contributed by atoms with Gasteiger partial charge in [-0.25, -0.2) is 0 Å². The monoisotopic (exact) mass is 511 g/mol. The number of morpholine rings is 1. The SMILES string of the molecule is O=C(CN(CCN1CCOCC1)C(=O)c1ccc(Cl)cc1)N(Cc1ccccc1)Cc1cccs1. The number of benzene rings is 2. The van der Waals surface area contributed by atoms with Gasteiger partial charge < -0.3 is 14.5 Å². The van der Waals surface area contributed by atoms with Gasteiger partial charge in [-0.3, -0.25) is 14.5 Å². The summed E-state index contributed by atoms with van der Waals surface area (Å²) in [6.45, 7) is 5.22. The van der Waals surface area contributed by atoms with Crippen LogP contribution in [0, 0.1) is 0 Å². The van der Waals surface area contributed by atoms with Crippen LogP contribution in [0.5, 0.6) is 0 Å². The standard InChI is InChI=1S/C27H30ClN3O3S/c28-24-10-8-23(9-11-24)27(33)30(13-12-29-14-16-34-17-15-29)21-26(32)31(20-25-7-4-18-35-25)19-22-5-2-1-3-6-22/h1-11,18H,12-17,19-21H2. The van der Waals surface area contributed by atoms with Crippen LogP contribution in [0.3, 0.4) is 0 Å². The highest BCUT2D eigenvalue weighted by molar-refractivity contribution is 7.09. The predicted molar refractivity (Wildman–Crippen MR) is 140 cm³/mol. The van der Waals surface area contributed by atoms with Crippen molar-refractivity contribution in [1.82, 2.24) is 14.7 Å². The van der Waals surface area contributed by atoms with E-state index in [4.69, 9.17) is 16.3 Å². The largest absolute Gasteiger partial charge is 0.379 e. The van der Waals surface area contributed by atoms with E-state index in [1.165, 1.54) is 0 Å². The summed E-state index contributed by atoms with van der Waals surface area (Å²) in [5.74, 6) is -0.245. The van der Waals surface area contributed by atoms with Crippen molar-refractivity contribution in [3.63, 3.8) is 0 Å². The van der Waals surface area contributed by atoms with Gasteiger partial charge in [0.15, 0.2) is 0 Å². The maximum Gasteiger partial charge on any atom is 0.254 e. The summed E-state index contributed by atoms with van der Waals surface area (Å²) >= 11 is 7.65. The van der Waals surface area contributed by atoms with E-state index in [-0.39, 0.29) is 18.4 Å². The number of hydrogen-bond donors (Lipinski definition) is 0. The molecule has 2 amide bonds. The molecule has 8 heteroatoms. The zero-order valence-electron chi connectivity index (χ0n) is 19.6. The average molecular weight is 512 g/mol. The third-order valence-electron chi connectivity index (χ3n) is 5.99. The molecule has 0 N–H and O–H groups in total. The smallest absolute Gasteiger partial charge is 0.254 e. The normalized spacial score (nSPS) is 14.0.